The molecule has 0 radical (unpaired) electrons. The van der Waals surface area contributed by atoms with Crippen LogP contribution in [0.15, 0.2) is 42.5 Å². The van der Waals surface area contributed by atoms with Crippen molar-refractivity contribution in [2.75, 3.05) is 10.6 Å². The SMILES string of the molecule is Cc1cc(F)cc(NC(=O)c2ccccc2NC(C)C)c1. The minimum Gasteiger partial charge on any atom is -0.382 e. The number of benzene rings is 2. The number of rotatable bonds is 4. The molecule has 2 aromatic rings. The summed E-state index contributed by atoms with van der Waals surface area (Å²) in [4.78, 5) is 12.4. The zero-order valence-electron chi connectivity index (χ0n) is 12.4. The first kappa shape index (κ1) is 15.0. The monoisotopic (exact) mass is 286 g/mol. The number of nitrogens with one attached hydrogen (secondary N) is 2. The van der Waals surface area contributed by atoms with E-state index in [0.717, 1.165) is 11.3 Å². The molecule has 0 aliphatic rings. The van der Waals surface area contributed by atoms with Crippen molar-refractivity contribution in [1.82, 2.24) is 0 Å². The number of hydrogen-bond acceptors (Lipinski definition) is 2. The molecule has 4 heteroatoms. The maximum Gasteiger partial charge on any atom is 0.257 e. The second-order valence-electron chi connectivity index (χ2n) is 5.32. The maximum absolute atomic E-state index is 13.4. The maximum atomic E-state index is 13.4. The molecule has 2 aromatic carbocycles. The van der Waals surface area contributed by atoms with E-state index < -0.39 is 0 Å². The van der Waals surface area contributed by atoms with E-state index in [1.54, 1.807) is 25.1 Å². The van der Waals surface area contributed by atoms with E-state index >= 15 is 0 Å². The fourth-order valence-electron chi connectivity index (χ4n) is 2.12. The molecule has 0 heterocycles. The molecule has 0 bridgehead atoms. The van der Waals surface area contributed by atoms with Crippen molar-refractivity contribution in [2.45, 2.75) is 26.8 Å². The van der Waals surface area contributed by atoms with E-state index in [0.29, 0.717) is 11.3 Å². The standard InChI is InChI=1S/C17H19FN2O/c1-11(2)19-16-7-5-4-6-15(16)17(21)20-14-9-12(3)8-13(18)10-14/h4-11,19H,1-3H3,(H,20,21). The van der Waals surface area contributed by atoms with Crippen molar-refractivity contribution in [3.05, 3.63) is 59.4 Å². The molecule has 0 aliphatic carbocycles. The zero-order valence-corrected chi connectivity index (χ0v) is 12.4. The van der Waals surface area contributed by atoms with Crippen LogP contribution in [0.5, 0.6) is 0 Å². The van der Waals surface area contributed by atoms with Crippen molar-refractivity contribution in [3.8, 4) is 0 Å². The normalized spacial score (nSPS) is 10.5. The summed E-state index contributed by atoms with van der Waals surface area (Å²) in [6.07, 6.45) is 0. The number of carbonyl (C=O) groups is 1. The zero-order chi connectivity index (χ0) is 15.4. The molecule has 0 spiro atoms. The van der Waals surface area contributed by atoms with E-state index in [-0.39, 0.29) is 17.8 Å². The van der Waals surface area contributed by atoms with Crippen LogP contribution in [0, 0.1) is 12.7 Å². The van der Waals surface area contributed by atoms with E-state index in [1.165, 1.54) is 12.1 Å². The summed E-state index contributed by atoms with van der Waals surface area (Å²) in [5.41, 5.74) is 2.52. The van der Waals surface area contributed by atoms with E-state index in [9.17, 15) is 9.18 Å². The van der Waals surface area contributed by atoms with Gasteiger partial charge in [0.05, 0.1) is 5.56 Å². The Labute approximate surface area is 124 Å². The lowest BCUT2D eigenvalue weighted by atomic mass is 10.1. The van der Waals surface area contributed by atoms with Crippen molar-refractivity contribution < 1.29 is 9.18 Å². The lowest BCUT2D eigenvalue weighted by molar-refractivity contribution is 0.102. The van der Waals surface area contributed by atoms with Gasteiger partial charge < -0.3 is 10.6 Å². The third-order valence-electron chi connectivity index (χ3n) is 2.92. The van der Waals surface area contributed by atoms with Crippen LogP contribution in [-0.4, -0.2) is 11.9 Å². The summed E-state index contributed by atoms with van der Waals surface area (Å²) in [5, 5.41) is 5.96. The van der Waals surface area contributed by atoms with Gasteiger partial charge in [-0.3, -0.25) is 4.79 Å². The molecule has 2 N–H and O–H groups in total. The average Bonchev–Trinajstić information content (AvgIpc) is 2.37. The molecule has 3 nitrogen and oxygen atoms in total. The van der Waals surface area contributed by atoms with E-state index in [4.69, 9.17) is 0 Å². The van der Waals surface area contributed by atoms with Crippen LogP contribution in [0.4, 0.5) is 15.8 Å². The van der Waals surface area contributed by atoms with E-state index in [1.807, 2.05) is 26.0 Å². The topological polar surface area (TPSA) is 41.1 Å². The first-order valence-electron chi connectivity index (χ1n) is 6.90. The van der Waals surface area contributed by atoms with Gasteiger partial charge in [-0.05, 0) is 56.7 Å². The highest BCUT2D eigenvalue weighted by Gasteiger charge is 2.12. The van der Waals surface area contributed by atoms with Gasteiger partial charge in [-0.1, -0.05) is 12.1 Å². The predicted octanol–water partition coefficient (Wildman–Crippen LogP) is 4.21. The van der Waals surface area contributed by atoms with Gasteiger partial charge in [0.2, 0.25) is 0 Å². The van der Waals surface area contributed by atoms with Gasteiger partial charge in [-0.15, -0.1) is 0 Å². The molecule has 0 unspecified atom stereocenters. The van der Waals surface area contributed by atoms with Crippen molar-refractivity contribution >= 4 is 17.3 Å². The van der Waals surface area contributed by atoms with Crippen molar-refractivity contribution in [3.63, 3.8) is 0 Å². The smallest absolute Gasteiger partial charge is 0.257 e. The van der Waals surface area contributed by atoms with Crippen LogP contribution >= 0.6 is 0 Å². The highest BCUT2D eigenvalue weighted by Crippen LogP contribution is 2.19. The van der Waals surface area contributed by atoms with Gasteiger partial charge in [0.15, 0.2) is 0 Å². The van der Waals surface area contributed by atoms with E-state index in [2.05, 4.69) is 10.6 Å². The quantitative estimate of drug-likeness (QED) is 0.884. The van der Waals surface area contributed by atoms with Gasteiger partial charge in [-0.2, -0.15) is 0 Å². The van der Waals surface area contributed by atoms with Crippen LogP contribution in [0.2, 0.25) is 0 Å². The van der Waals surface area contributed by atoms with Crippen LogP contribution in [0.25, 0.3) is 0 Å². The average molecular weight is 286 g/mol. The Morgan fingerprint density at radius 2 is 1.86 bits per heavy atom. The Hall–Kier alpha value is -2.36. The van der Waals surface area contributed by atoms with Gasteiger partial charge in [0.25, 0.3) is 5.91 Å². The Balaban J connectivity index is 2.24. The number of aryl methyl sites for hydroxylation is 1. The Morgan fingerprint density at radius 3 is 2.52 bits per heavy atom. The van der Waals surface area contributed by atoms with Gasteiger partial charge >= 0.3 is 0 Å². The highest BCUT2D eigenvalue weighted by atomic mass is 19.1. The fraction of sp³-hybridized carbons (Fsp3) is 0.235. The molecular weight excluding hydrogens is 267 g/mol. The number of anilines is 2. The number of carbonyl (C=O) groups excluding carboxylic acids is 1. The minimum atomic E-state index is -0.362. The Bertz CT molecular complexity index is 633. The molecule has 110 valence electrons. The molecular formula is C17H19FN2O. The lowest BCUT2D eigenvalue weighted by Crippen LogP contribution is -2.17. The van der Waals surface area contributed by atoms with Crippen molar-refractivity contribution in [2.24, 2.45) is 0 Å². The van der Waals surface area contributed by atoms with Gasteiger partial charge in [0, 0.05) is 17.4 Å². The lowest BCUT2D eigenvalue weighted by Gasteiger charge is -2.14. The first-order valence-corrected chi connectivity index (χ1v) is 6.90. The van der Waals surface area contributed by atoms with Crippen LogP contribution < -0.4 is 10.6 Å². The molecule has 0 aromatic heterocycles. The molecule has 21 heavy (non-hydrogen) atoms. The number of halogens is 1. The summed E-state index contributed by atoms with van der Waals surface area (Å²) in [5.74, 6) is -0.623. The molecule has 0 fully saturated rings. The third-order valence-corrected chi connectivity index (χ3v) is 2.92. The molecule has 0 atom stereocenters. The van der Waals surface area contributed by atoms with Gasteiger partial charge in [-0.25, -0.2) is 4.39 Å². The third kappa shape index (κ3) is 4.05. The first-order chi connectivity index (χ1) is 9.95. The summed E-state index contributed by atoms with van der Waals surface area (Å²) in [6.45, 7) is 5.79. The number of para-hydroxylation sites is 1. The molecule has 0 saturated heterocycles. The summed E-state index contributed by atoms with van der Waals surface area (Å²) in [6, 6.07) is 11.9. The largest absolute Gasteiger partial charge is 0.382 e. The number of hydrogen-bond donors (Lipinski definition) is 2. The minimum absolute atomic E-state index is 0.218. The van der Waals surface area contributed by atoms with Crippen molar-refractivity contribution in [1.29, 1.82) is 0 Å². The Morgan fingerprint density at radius 1 is 1.14 bits per heavy atom. The van der Waals surface area contributed by atoms with Crippen LogP contribution in [0.1, 0.15) is 29.8 Å². The van der Waals surface area contributed by atoms with Gasteiger partial charge in [0.1, 0.15) is 5.82 Å². The highest BCUT2D eigenvalue weighted by molar-refractivity contribution is 6.08. The summed E-state index contributed by atoms with van der Waals surface area (Å²) < 4.78 is 13.4. The Kier molecular flexibility index (Phi) is 4.58. The summed E-state index contributed by atoms with van der Waals surface area (Å²) in [7, 11) is 0. The number of amides is 1. The second kappa shape index (κ2) is 6.39. The van der Waals surface area contributed by atoms with Crippen LogP contribution in [0.3, 0.4) is 0 Å². The van der Waals surface area contributed by atoms with Crippen LogP contribution in [-0.2, 0) is 0 Å². The fourth-order valence-corrected chi connectivity index (χ4v) is 2.12. The molecule has 2 rings (SSSR count). The predicted molar refractivity (Wildman–Crippen MR) is 84.3 cm³/mol. The molecule has 0 saturated carbocycles. The molecule has 1 amide bonds. The second-order valence-corrected chi connectivity index (χ2v) is 5.32. The summed E-state index contributed by atoms with van der Waals surface area (Å²) >= 11 is 0. The molecule has 0 aliphatic heterocycles.